The molecule has 0 aliphatic heterocycles. The molecule has 1 aliphatic rings. The van der Waals surface area contributed by atoms with E-state index in [1.165, 1.54) is 0 Å². The van der Waals surface area contributed by atoms with Crippen LogP contribution in [0.3, 0.4) is 0 Å². The van der Waals surface area contributed by atoms with Crippen LogP contribution in [-0.2, 0) is 26.2 Å². The van der Waals surface area contributed by atoms with Gasteiger partial charge in [-0.1, -0.05) is 6.42 Å². The van der Waals surface area contributed by atoms with Crippen LogP contribution < -0.4 is 24.8 Å². The van der Waals surface area contributed by atoms with Gasteiger partial charge in [-0.15, -0.1) is 6.08 Å². The molecule has 41 valence electrons. The molecule has 3 heteroatoms. The largest absolute Gasteiger partial charge is 3.00 e. The van der Waals surface area contributed by atoms with Crippen LogP contribution in [0.2, 0.25) is 0 Å². The second-order valence-electron chi connectivity index (χ2n) is 0.854. The fourth-order valence-electron chi connectivity index (χ4n) is 0.255. The minimum absolute atomic E-state index is 0. The third kappa shape index (κ3) is 6.76. The molecule has 0 N–H and O–H groups in total. The molecule has 0 amide bonds. The maximum Gasteiger partial charge on any atom is 3.00 e. The van der Waals surface area contributed by atoms with Crippen LogP contribution in [0.5, 0.6) is 0 Å². The normalized spacial score (nSPS) is 9.00. The van der Waals surface area contributed by atoms with E-state index in [-0.39, 0.29) is 51.0 Å². The van der Waals surface area contributed by atoms with Gasteiger partial charge in [-0.25, -0.2) is 6.08 Å². The fraction of sp³-hybridized carbons (Fsp3) is 0.200. The fourth-order valence-corrected chi connectivity index (χ4v) is 0.255. The molecule has 0 nitrogen and oxygen atoms in total. The van der Waals surface area contributed by atoms with Crippen molar-refractivity contribution in [2.45, 2.75) is 6.42 Å². The van der Waals surface area contributed by atoms with Gasteiger partial charge in [0.05, 0.1) is 0 Å². The van der Waals surface area contributed by atoms with Gasteiger partial charge in [0.1, 0.15) is 0 Å². The molecule has 0 unspecified atom stereocenters. The molecule has 1 radical (unpaired) electrons. The number of halogens is 2. The van der Waals surface area contributed by atoms with Crippen LogP contribution >= 0.6 is 0 Å². The molecule has 1 rings (SSSR count). The minimum atomic E-state index is 0. The monoisotopic (exact) mass is 223 g/mol. The average Bonchev–Trinajstić information content (AvgIpc) is 1.76. The van der Waals surface area contributed by atoms with Crippen LogP contribution in [0.4, 0.5) is 0 Å². The Balaban J connectivity index is -0.0000000833. The maximum atomic E-state index is 2.81. The molecule has 0 bridgehead atoms. The van der Waals surface area contributed by atoms with Gasteiger partial charge in [0.2, 0.25) is 0 Å². The van der Waals surface area contributed by atoms with E-state index in [2.05, 4.69) is 17.5 Å². The van der Waals surface area contributed by atoms with Gasteiger partial charge in [-0.2, -0.15) is 0 Å². The van der Waals surface area contributed by atoms with E-state index in [9.17, 15) is 0 Å². The quantitative estimate of drug-likeness (QED) is 0.286. The first-order valence-electron chi connectivity index (χ1n) is 1.55. The maximum absolute atomic E-state index is 2.81. The zero-order chi connectivity index (χ0) is 3.54. The molecule has 0 saturated heterocycles. The van der Waals surface area contributed by atoms with Crippen molar-refractivity contribution in [3.8, 4) is 0 Å². The van der Waals surface area contributed by atoms with Crippen LogP contribution in [0.25, 0.3) is 0 Å². The Labute approximate surface area is 80.7 Å². The summed E-state index contributed by atoms with van der Waals surface area (Å²) in [6.07, 6.45) is 5.60. The molecule has 0 spiro atoms. The van der Waals surface area contributed by atoms with Gasteiger partial charge in [0, 0.05) is 0 Å². The second-order valence-corrected chi connectivity index (χ2v) is 0.854. The third-order valence-corrected chi connectivity index (χ3v) is 0.467. The number of allylic oxidation sites excluding steroid dienone is 2. The van der Waals surface area contributed by atoms with Crippen LogP contribution in [0.1, 0.15) is 6.42 Å². The zero-order valence-electron chi connectivity index (χ0n) is 4.04. The van der Waals surface area contributed by atoms with E-state index in [1.54, 1.807) is 0 Å². The zero-order valence-corrected chi connectivity index (χ0v) is 8.01. The van der Waals surface area contributed by atoms with E-state index < -0.39 is 0 Å². The van der Waals surface area contributed by atoms with E-state index in [0.717, 1.165) is 6.42 Å². The summed E-state index contributed by atoms with van der Waals surface area (Å²) in [5, 5.41) is 0. The van der Waals surface area contributed by atoms with Gasteiger partial charge in [0.15, 0.2) is 0 Å². The Morgan fingerprint density at radius 2 is 2.00 bits per heavy atom. The molecule has 0 saturated carbocycles. The van der Waals surface area contributed by atoms with Crippen LogP contribution in [0, 0.1) is 6.08 Å². The van der Waals surface area contributed by atoms with Crippen LogP contribution in [0.15, 0.2) is 17.5 Å². The second kappa shape index (κ2) is 10.7. The number of hydrogen-bond donors (Lipinski definition) is 0. The summed E-state index contributed by atoms with van der Waals surface area (Å²) in [6.45, 7) is 0. The van der Waals surface area contributed by atoms with E-state index in [1.807, 2.05) is 6.08 Å². The van der Waals surface area contributed by atoms with Gasteiger partial charge < -0.3 is 36.3 Å². The molecule has 0 fully saturated rings. The third-order valence-electron chi connectivity index (χ3n) is 0.467. The predicted molar refractivity (Wildman–Crippen MR) is 19.5 cm³/mol. The Hall–Kier alpha value is 0.763. The first kappa shape index (κ1) is 15.9. The molecule has 0 atom stereocenters. The summed E-state index contributed by atoms with van der Waals surface area (Å²) in [5.74, 6) is 0. The first-order valence-corrected chi connectivity index (χ1v) is 1.55. The Kier molecular flexibility index (Phi) is 21.2. The minimum Gasteiger partial charge on any atom is -1.00 e. The van der Waals surface area contributed by atoms with Crippen molar-refractivity contribution < 1.29 is 51.0 Å². The Morgan fingerprint density at radius 3 is 2.12 bits per heavy atom. The molecule has 0 aromatic carbocycles. The smallest absolute Gasteiger partial charge is 1.00 e. The molecule has 8 heavy (non-hydrogen) atoms. The molecular weight excluding hydrogens is 222 g/mol. The first-order chi connectivity index (χ1) is 2.50. The summed E-state index contributed by atoms with van der Waals surface area (Å²) < 4.78 is 0. The SMILES string of the molecule is C1=C=CC[C-]=1.[Cl-].[Cl-].[Zr+3]. The van der Waals surface area contributed by atoms with Crippen molar-refractivity contribution in [3.63, 3.8) is 0 Å². The number of rotatable bonds is 0. The molecule has 0 heterocycles. The average molecular weight is 225 g/mol. The molecule has 0 aromatic rings. The Bertz CT molecular complexity index is 104. The molecular formula is C5H3Cl2Zr. The van der Waals surface area contributed by atoms with Crippen molar-refractivity contribution >= 4 is 0 Å². The summed E-state index contributed by atoms with van der Waals surface area (Å²) in [7, 11) is 0. The van der Waals surface area contributed by atoms with Gasteiger partial charge in [0.25, 0.3) is 0 Å². The predicted octanol–water partition coefficient (Wildman–Crippen LogP) is -4.93. The van der Waals surface area contributed by atoms with Gasteiger partial charge >= 0.3 is 26.2 Å². The van der Waals surface area contributed by atoms with Crippen molar-refractivity contribution in [1.29, 1.82) is 0 Å². The summed E-state index contributed by atoms with van der Waals surface area (Å²) in [5.41, 5.74) is 5.40. The number of hydrogen-bond acceptors (Lipinski definition) is 0. The van der Waals surface area contributed by atoms with Crippen molar-refractivity contribution in [2.24, 2.45) is 0 Å². The van der Waals surface area contributed by atoms with Gasteiger partial charge in [-0.05, 0) is 0 Å². The molecule has 0 aromatic heterocycles. The summed E-state index contributed by atoms with van der Waals surface area (Å²) in [4.78, 5) is 0. The van der Waals surface area contributed by atoms with Crippen molar-refractivity contribution in [1.82, 2.24) is 0 Å². The van der Waals surface area contributed by atoms with Crippen molar-refractivity contribution in [3.05, 3.63) is 23.6 Å². The van der Waals surface area contributed by atoms with E-state index in [4.69, 9.17) is 0 Å². The summed E-state index contributed by atoms with van der Waals surface area (Å²) in [6, 6.07) is 0. The topological polar surface area (TPSA) is 0 Å². The molecule has 1 aliphatic carbocycles. The van der Waals surface area contributed by atoms with Crippen molar-refractivity contribution in [2.75, 3.05) is 0 Å². The van der Waals surface area contributed by atoms with E-state index >= 15 is 0 Å². The van der Waals surface area contributed by atoms with Crippen LogP contribution in [-0.4, -0.2) is 0 Å². The summed E-state index contributed by atoms with van der Waals surface area (Å²) >= 11 is 0. The Morgan fingerprint density at radius 1 is 1.38 bits per heavy atom. The van der Waals surface area contributed by atoms with Gasteiger partial charge in [-0.3, -0.25) is 0 Å². The standard InChI is InChI=1S/C5H3.2ClH.Zr/c1-2-4-5-3-1;;;/h1H,2H2;2*1H;/q-1;;;+3/p-2. The van der Waals surface area contributed by atoms with E-state index in [0.29, 0.717) is 0 Å².